The zero-order valence-electron chi connectivity index (χ0n) is 5.89. The maximum Gasteiger partial charge on any atom is 0.0294 e. The van der Waals surface area contributed by atoms with Gasteiger partial charge in [0, 0.05) is 5.88 Å². The van der Waals surface area contributed by atoms with Crippen LogP contribution < -0.4 is 0 Å². The number of hydrogen-bond acceptors (Lipinski definition) is 0. The van der Waals surface area contributed by atoms with Crippen molar-refractivity contribution in [3.63, 3.8) is 0 Å². The Labute approximate surface area is 66.6 Å². The first kappa shape index (κ1) is 6.48. The Kier molecular flexibility index (Phi) is 1.38. The molecule has 0 heterocycles. The summed E-state index contributed by atoms with van der Waals surface area (Å²) in [6, 6.07) is 0. The van der Waals surface area contributed by atoms with Gasteiger partial charge in [0.1, 0.15) is 0 Å². The Hall–Kier alpha value is -0.230. The molecule has 0 spiro atoms. The number of rotatable bonds is 1. The molecule has 54 valence electrons. The van der Waals surface area contributed by atoms with Gasteiger partial charge in [-0.15, -0.1) is 11.6 Å². The zero-order chi connectivity index (χ0) is 7.14. The van der Waals surface area contributed by atoms with E-state index < -0.39 is 0 Å². The van der Waals surface area contributed by atoms with Crippen molar-refractivity contribution < 1.29 is 0 Å². The highest BCUT2D eigenvalue weighted by atomic mass is 35.5. The number of allylic oxidation sites excluding steroid dienone is 3. The summed E-state index contributed by atoms with van der Waals surface area (Å²) >= 11 is 5.80. The highest BCUT2D eigenvalue weighted by Gasteiger charge is 2.37. The number of hydrogen-bond donors (Lipinski definition) is 0. The van der Waals surface area contributed by atoms with Gasteiger partial charge in [-0.1, -0.05) is 24.3 Å². The summed E-state index contributed by atoms with van der Waals surface area (Å²) < 4.78 is 0. The Morgan fingerprint density at radius 3 is 2.80 bits per heavy atom. The monoisotopic (exact) mass is 154 g/mol. The highest BCUT2D eigenvalue weighted by molar-refractivity contribution is 6.18. The molecular formula is C9H11Cl. The molecule has 1 saturated carbocycles. The second-order valence-electron chi connectivity index (χ2n) is 3.23. The fourth-order valence-corrected chi connectivity index (χ4v) is 2.49. The minimum Gasteiger partial charge on any atom is -0.126 e. The van der Waals surface area contributed by atoms with Gasteiger partial charge in [-0.05, 0) is 24.2 Å². The van der Waals surface area contributed by atoms with Crippen LogP contribution in [0.1, 0.15) is 6.42 Å². The first-order chi connectivity index (χ1) is 4.83. The molecule has 0 radical (unpaired) electrons. The van der Waals surface area contributed by atoms with Gasteiger partial charge in [-0.3, -0.25) is 0 Å². The Balaban J connectivity index is 2.26. The molecule has 0 amide bonds. The minimum absolute atomic E-state index is 0.580. The summed E-state index contributed by atoms with van der Waals surface area (Å²) in [5, 5.41) is 0. The summed E-state index contributed by atoms with van der Waals surface area (Å²) in [7, 11) is 0. The smallest absolute Gasteiger partial charge is 0.0294 e. The lowest BCUT2D eigenvalue weighted by atomic mass is 9.91. The van der Waals surface area contributed by atoms with Gasteiger partial charge >= 0.3 is 0 Å². The maximum atomic E-state index is 5.80. The third kappa shape index (κ3) is 0.687. The van der Waals surface area contributed by atoms with E-state index in [4.69, 9.17) is 11.6 Å². The van der Waals surface area contributed by atoms with Gasteiger partial charge in [0.2, 0.25) is 0 Å². The van der Waals surface area contributed by atoms with Crippen molar-refractivity contribution in [1.82, 2.24) is 0 Å². The largest absolute Gasteiger partial charge is 0.126 e. The molecule has 3 atom stereocenters. The second kappa shape index (κ2) is 2.13. The molecule has 0 aromatic carbocycles. The number of fused-ring (bicyclic) bond motifs is 2. The van der Waals surface area contributed by atoms with E-state index in [-0.39, 0.29) is 0 Å². The van der Waals surface area contributed by atoms with Crippen LogP contribution in [0.2, 0.25) is 0 Å². The molecule has 0 aromatic heterocycles. The summed E-state index contributed by atoms with van der Waals surface area (Å²) in [4.78, 5) is 0. The first-order valence-electron chi connectivity index (χ1n) is 3.76. The Morgan fingerprint density at radius 2 is 2.40 bits per heavy atom. The summed E-state index contributed by atoms with van der Waals surface area (Å²) in [6.07, 6.45) is 5.85. The summed E-state index contributed by atoms with van der Waals surface area (Å²) in [5.41, 5.74) is 1.36. The van der Waals surface area contributed by atoms with Gasteiger partial charge in [0.25, 0.3) is 0 Å². The predicted molar refractivity (Wildman–Crippen MR) is 44.1 cm³/mol. The topological polar surface area (TPSA) is 0 Å². The Bertz CT molecular complexity index is 193. The maximum absolute atomic E-state index is 5.80. The molecule has 0 saturated heterocycles. The average Bonchev–Trinajstić information content (AvgIpc) is 2.46. The first-order valence-corrected chi connectivity index (χ1v) is 4.29. The van der Waals surface area contributed by atoms with Crippen LogP contribution in [-0.2, 0) is 0 Å². The van der Waals surface area contributed by atoms with Gasteiger partial charge in [0.05, 0.1) is 0 Å². The second-order valence-corrected chi connectivity index (χ2v) is 3.54. The summed E-state index contributed by atoms with van der Waals surface area (Å²) in [6.45, 7) is 4.05. The van der Waals surface area contributed by atoms with Crippen LogP contribution in [0.15, 0.2) is 24.3 Å². The Morgan fingerprint density at radius 1 is 1.60 bits per heavy atom. The molecular weight excluding hydrogens is 144 g/mol. The van der Waals surface area contributed by atoms with E-state index in [1.54, 1.807) is 0 Å². The zero-order valence-corrected chi connectivity index (χ0v) is 6.64. The lowest BCUT2D eigenvalue weighted by Gasteiger charge is -2.16. The molecule has 0 nitrogen and oxygen atoms in total. The normalized spacial score (nSPS) is 43.3. The fraction of sp³-hybridized carbons (Fsp3) is 0.556. The van der Waals surface area contributed by atoms with E-state index in [1.807, 2.05) is 0 Å². The SMILES string of the molecule is C=C1C2C=CC(C2)C1CCl. The van der Waals surface area contributed by atoms with Crippen LogP contribution in [0.4, 0.5) is 0 Å². The van der Waals surface area contributed by atoms with E-state index in [0.29, 0.717) is 11.8 Å². The molecule has 3 unspecified atom stereocenters. The molecule has 10 heavy (non-hydrogen) atoms. The molecule has 2 aliphatic rings. The van der Waals surface area contributed by atoms with Gasteiger partial charge in [-0.2, -0.15) is 0 Å². The lowest BCUT2D eigenvalue weighted by Crippen LogP contribution is -2.10. The number of halogens is 1. The van der Waals surface area contributed by atoms with E-state index in [0.717, 1.165) is 11.8 Å². The van der Waals surface area contributed by atoms with Crippen molar-refractivity contribution in [2.24, 2.45) is 17.8 Å². The van der Waals surface area contributed by atoms with Crippen LogP contribution in [0.25, 0.3) is 0 Å². The van der Waals surface area contributed by atoms with Crippen LogP contribution in [-0.4, -0.2) is 5.88 Å². The van der Waals surface area contributed by atoms with E-state index in [1.165, 1.54) is 12.0 Å². The standard InChI is InChI=1S/C9H11Cl/c1-6-7-2-3-8(4-7)9(6)5-10/h2-3,7-9H,1,4-5H2. The van der Waals surface area contributed by atoms with Gasteiger partial charge in [0.15, 0.2) is 0 Å². The van der Waals surface area contributed by atoms with Gasteiger partial charge < -0.3 is 0 Å². The molecule has 0 aliphatic heterocycles. The van der Waals surface area contributed by atoms with Crippen molar-refractivity contribution in [1.29, 1.82) is 0 Å². The van der Waals surface area contributed by atoms with Crippen LogP contribution in [0, 0.1) is 17.8 Å². The lowest BCUT2D eigenvalue weighted by molar-refractivity contribution is 0.562. The summed E-state index contributed by atoms with van der Waals surface area (Å²) in [5.74, 6) is 2.71. The van der Waals surface area contributed by atoms with Crippen molar-refractivity contribution in [2.45, 2.75) is 6.42 Å². The van der Waals surface area contributed by atoms with E-state index >= 15 is 0 Å². The fourth-order valence-electron chi connectivity index (χ4n) is 2.06. The van der Waals surface area contributed by atoms with E-state index in [9.17, 15) is 0 Å². The van der Waals surface area contributed by atoms with Crippen molar-refractivity contribution >= 4 is 11.6 Å². The van der Waals surface area contributed by atoms with Crippen LogP contribution >= 0.6 is 11.6 Å². The minimum atomic E-state index is 0.580. The molecule has 2 aliphatic carbocycles. The molecule has 0 aromatic rings. The van der Waals surface area contributed by atoms with Crippen molar-refractivity contribution in [3.05, 3.63) is 24.3 Å². The molecule has 1 heteroatoms. The van der Waals surface area contributed by atoms with Gasteiger partial charge in [-0.25, -0.2) is 0 Å². The highest BCUT2D eigenvalue weighted by Crippen LogP contribution is 2.46. The third-order valence-electron chi connectivity index (χ3n) is 2.75. The van der Waals surface area contributed by atoms with E-state index in [2.05, 4.69) is 18.7 Å². The average molecular weight is 155 g/mol. The predicted octanol–water partition coefficient (Wildman–Crippen LogP) is 2.60. The molecule has 2 bridgehead atoms. The van der Waals surface area contributed by atoms with Crippen LogP contribution in [0.5, 0.6) is 0 Å². The van der Waals surface area contributed by atoms with Crippen molar-refractivity contribution in [3.8, 4) is 0 Å². The molecule has 1 fully saturated rings. The third-order valence-corrected chi connectivity index (χ3v) is 3.08. The van der Waals surface area contributed by atoms with Crippen LogP contribution in [0.3, 0.4) is 0 Å². The molecule has 2 rings (SSSR count). The molecule has 0 N–H and O–H groups in total. The van der Waals surface area contributed by atoms with Crippen molar-refractivity contribution in [2.75, 3.05) is 5.88 Å². The number of alkyl halides is 1. The quantitative estimate of drug-likeness (QED) is 0.402.